The molecule has 0 spiro atoms. The highest BCUT2D eigenvalue weighted by Crippen LogP contribution is 2.22. The molecule has 106 valence electrons. The number of hydrogen-bond donors (Lipinski definition) is 2. The minimum Gasteiger partial charge on any atom is -0.398 e. The van der Waals surface area contributed by atoms with Gasteiger partial charge in [0, 0.05) is 16.0 Å². The molecule has 7 heteroatoms. The molecule has 0 saturated heterocycles. The molecule has 2 aromatic rings. The van der Waals surface area contributed by atoms with Gasteiger partial charge < -0.3 is 5.73 Å². The predicted octanol–water partition coefficient (Wildman–Crippen LogP) is 3.16. The topological polar surface area (TPSA) is 72.2 Å². The largest absolute Gasteiger partial charge is 0.398 e. The second-order valence-electron chi connectivity index (χ2n) is 4.14. The summed E-state index contributed by atoms with van der Waals surface area (Å²) < 4.78 is 27.6. The summed E-state index contributed by atoms with van der Waals surface area (Å²) in [5.74, 6) is 0. The van der Waals surface area contributed by atoms with Gasteiger partial charge in [0.25, 0.3) is 0 Å². The molecule has 0 heterocycles. The van der Waals surface area contributed by atoms with Crippen molar-refractivity contribution in [1.29, 1.82) is 0 Å². The van der Waals surface area contributed by atoms with E-state index in [1.54, 1.807) is 36.4 Å². The average Bonchev–Trinajstić information content (AvgIpc) is 2.36. The van der Waals surface area contributed by atoms with Crippen LogP contribution in [0.3, 0.4) is 0 Å². The molecule has 0 radical (unpaired) electrons. The van der Waals surface area contributed by atoms with Crippen molar-refractivity contribution in [1.82, 2.24) is 4.72 Å². The number of sulfonamides is 1. The first-order valence-corrected chi connectivity index (χ1v) is 8.33. The molecule has 0 aliphatic heterocycles. The minimum atomic E-state index is -3.66. The van der Waals surface area contributed by atoms with E-state index in [0.29, 0.717) is 5.02 Å². The molecule has 20 heavy (non-hydrogen) atoms. The number of nitrogen functional groups attached to an aromatic ring is 1. The average molecular weight is 376 g/mol. The quantitative estimate of drug-likeness (QED) is 0.806. The second-order valence-corrected chi connectivity index (χ2v) is 7.22. The summed E-state index contributed by atoms with van der Waals surface area (Å²) in [6.07, 6.45) is 0. The zero-order valence-electron chi connectivity index (χ0n) is 10.3. The van der Waals surface area contributed by atoms with Crippen LogP contribution in [-0.2, 0) is 16.6 Å². The molecule has 0 unspecified atom stereocenters. The van der Waals surface area contributed by atoms with Crippen molar-refractivity contribution in [3.05, 3.63) is 57.5 Å². The molecule has 0 fully saturated rings. The smallest absolute Gasteiger partial charge is 0.242 e. The van der Waals surface area contributed by atoms with Crippen LogP contribution < -0.4 is 10.5 Å². The Labute approximate surface area is 131 Å². The third kappa shape index (κ3) is 3.73. The Morgan fingerprint density at radius 3 is 2.60 bits per heavy atom. The Morgan fingerprint density at radius 1 is 1.20 bits per heavy atom. The zero-order chi connectivity index (χ0) is 14.8. The van der Waals surface area contributed by atoms with E-state index in [1.165, 1.54) is 6.07 Å². The summed E-state index contributed by atoms with van der Waals surface area (Å²) in [4.78, 5) is 0.0581. The third-order valence-corrected chi connectivity index (χ3v) is 4.82. The normalized spacial score (nSPS) is 11.5. The Kier molecular flexibility index (Phi) is 4.70. The maximum Gasteiger partial charge on any atom is 0.242 e. The van der Waals surface area contributed by atoms with Crippen molar-refractivity contribution >= 4 is 43.2 Å². The SMILES string of the molecule is Nc1cc(Br)ccc1S(=O)(=O)NCc1cccc(Cl)c1. The van der Waals surface area contributed by atoms with Gasteiger partial charge in [-0.25, -0.2) is 13.1 Å². The number of hydrogen-bond acceptors (Lipinski definition) is 3. The lowest BCUT2D eigenvalue weighted by Crippen LogP contribution is -2.24. The van der Waals surface area contributed by atoms with E-state index in [-0.39, 0.29) is 17.1 Å². The lowest BCUT2D eigenvalue weighted by atomic mass is 10.2. The molecule has 0 atom stereocenters. The van der Waals surface area contributed by atoms with Gasteiger partial charge in [-0.15, -0.1) is 0 Å². The first kappa shape index (κ1) is 15.3. The minimum absolute atomic E-state index is 0.0581. The molecule has 0 bridgehead atoms. The van der Waals surface area contributed by atoms with Crippen molar-refractivity contribution in [2.24, 2.45) is 0 Å². The van der Waals surface area contributed by atoms with Crippen LogP contribution >= 0.6 is 27.5 Å². The Hall–Kier alpha value is -1.08. The number of rotatable bonds is 4. The summed E-state index contributed by atoms with van der Waals surface area (Å²) in [5, 5.41) is 0.560. The molecule has 4 nitrogen and oxygen atoms in total. The highest BCUT2D eigenvalue weighted by Gasteiger charge is 2.17. The van der Waals surface area contributed by atoms with Gasteiger partial charge in [-0.3, -0.25) is 0 Å². The number of nitrogens with two attached hydrogens (primary N) is 1. The summed E-state index contributed by atoms with van der Waals surface area (Å²) in [7, 11) is -3.66. The Bertz CT molecular complexity index is 735. The molecular weight excluding hydrogens is 364 g/mol. The third-order valence-electron chi connectivity index (χ3n) is 2.62. The van der Waals surface area contributed by atoms with E-state index in [4.69, 9.17) is 17.3 Å². The maximum absolute atomic E-state index is 12.2. The highest BCUT2D eigenvalue weighted by atomic mass is 79.9. The Morgan fingerprint density at radius 2 is 1.95 bits per heavy atom. The fourth-order valence-electron chi connectivity index (χ4n) is 1.67. The van der Waals surface area contributed by atoms with Crippen molar-refractivity contribution < 1.29 is 8.42 Å². The van der Waals surface area contributed by atoms with E-state index in [0.717, 1.165) is 10.0 Å². The van der Waals surface area contributed by atoms with Crippen molar-refractivity contribution in [3.63, 3.8) is 0 Å². The predicted molar refractivity (Wildman–Crippen MR) is 84.0 cm³/mol. The summed E-state index contributed by atoms with van der Waals surface area (Å²) in [6, 6.07) is 11.6. The van der Waals surface area contributed by atoms with Gasteiger partial charge in [-0.1, -0.05) is 39.7 Å². The van der Waals surface area contributed by atoms with Crippen molar-refractivity contribution in [3.8, 4) is 0 Å². The Balaban J connectivity index is 2.19. The van der Waals surface area contributed by atoms with Crippen LogP contribution in [0.15, 0.2) is 51.8 Å². The standard InChI is InChI=1S/C13H12BrClN2O2S/c14-10-4-5-13(12(16)7-10)20(18,19)17-8-9-2-1-3-11(15)6-9/h1-7,17H,8,16H2. The molecule has 2 aromatic carbocycles. The van der Waals surface area contributed by atoms with Gasteiger partial charge in [0.05, 0.1) is 5.69 Å². The molecule has 0 saturated carbocycles. The lowest BCUT2D eigenvalue weighted by molar-refractivity contribution is 0.581. The van der Waals surface area contributed by atoms with Crippen molar-refractivity contribution in [2.45, 2.75) is 11.4 Å². The zero-order valence-corrected chi connectivity index (χ0v) is 13.5. The monoisotopic (exact) mass is 374 g/mol. The lowest BCUT2D eigenvalue weighted by Gasteiger charge is -2.09. The van der Waals surface area contributed by atoms with Crippen LogP contribution in [0.2, 0.25) is 5.02 Å². The van der Waals surface area contributed by atoms with Crippen LogP contribution in [0.4, 0.5) is 5.69 Å². The van der Waals surface area contributed by atoms with Crippen molar-refractivity contribution in [2.75, 3.05) is 5.73 Å². The van der Waals surface area contributed by atoms with E-state index < -0.39 is 10.0 Å². The molecule has 0 aromatic heterocycles. The van der Waals surface area contributed by atoms with Crippen LogP contribution in [0.5, 0.6) is 0 Å². The first-order valence-electron chi connectivity index (χ1n) is 5.67. The van der Waals surface area contributed by atoms with Crippen LogP contribution in [0, 0.1) is 0 Å². The maximum atomic E-state index is 12.2. The van der Waals surface area contributed by atoms with E-state index in [1.807, 2.05) is 0 Å². The molecule has 0 aliphatic rings. The highest BCUT2D eigenvalue weighted by molar-refractivity contribution is 9.10. The fourth-order valence-corrected chi connectivity index (χ4v) is 3.39. The summed E-state index contributed by atoms with van der Waals surface area (Å²) in [5.41, 5.74) is 6.70. The summed E-state index contributed by atoms with van der Waals surface area (Å²) in [6.45, 7) is 0.151. The van der Waals surface area contributed by atoms with Crippen LogP contribution in [0.1, 0.15) is 5.56 Å². The number of nitrogens with one attached hydrogen (secondary N) is 1. The van der Waals surface area contributed by atoms with E-state index in [9.17, 15) is 8.42 Å². The molecule has 0 aliphatic carbocycles. The van der Waals surface area contributed by atoms with Gasteiger partial charge in [0.15, 0.2) is 0 Å². The fraction of sp³-hybridized carbons (Fsp3) is 0.0769. The van der Waals surface area contributed by atoms with Gasteiger partial charge >= 0.3 is 0 Å². The molecular formula is C13H12BrClN2O2S. The number of anilines is 1. The summed E-state index contributed by atoms with van der Waals surface area (Å²) >= 11 is 9.09. The first-order chi connectivity index (χ1) is 9.38. The van der Waals surface area contributed by atoms with Gasteiger partial charge in [0.2, 0.25) is 10.0 Å². The van der Waals surface area contributed by atoms with E-state index >= 15 is 0 Å². The van der Waals surface area contributed by atoms with Crippen LogP contribution in [-0.4, -0.2) is 8.42 Å². The van der Waals surface area contributed by atoms with Crippen LogP contribution in [0.25, 0.3) is 0 Å². The number of benzene rings is 2. The van der Waals surface area contributed by atoms with Gasteiger partial charge in [0.1, 0.15) is 4.90 Å². The molecule has 2 rings (SSSR count). The second kappa shape index (κ2) is 6.13. The number of halogens is 2. The van der Waals surface area contributed by atoms with Gasteiger partial charge in [-0.05, 0) is 35.9 Å². The van der Waals surface area contributed by atoms with Gasteiger partial charge in [-0.2, -0.15) is 0 Å². The molecule has 3 N–H and O–H groups in total. The molecule has 0 amide bonds. The van der Waals surface area contributed by atoms with E-state index in [2.05, 4.69) is 20.7 Å².